The van der Waals surface area contributed by atoms with Gasteiger partial charge in [0.15, 0.2) is 11.5 Å². The Morgan fingerprint density at radius 3 is 2.42 bits per heavy atom. The van der Waals surface area contributed by atoms with Gasteiger partial charge in [-0.1, -0.05) is 23.2 Å². The lowest BCUT2D eigenvalue weighted by Crippen LogP contribution is -2.14. The quantitative estimate of drug-likeness (QED) is 0.869. The lowest BCUT2D eigenvalue weighted by atomic mass is 10.3. The Labute approximate surface area is 149 Å². The summed E-state index contributed by atoms with van der Waals surface area (Å²) in [5.41, 5.74) is 0.473. The third-order valence-corrected chi connectivity index (χ3v) is 5.82. The normalized spacial score (nSPS) is 14.3. The molecule has 3 rings (SSSR count). The number of hydrogen-bond acceptors (Lipinski definition) is 5. The van der Waals surface area contributed by atoms with Crippen molar-refractivity contribution >= 4 is 38.9 Å². The summed E-state index contributed by atoms with van der Waals surface area (Å²) >= 11 is 12.2. The molecule has 0 bridgehead atoms. The molecule has 24 heavy (non-hydrogen) atoms. The molecule has 1 N–H and O–H groups in total. The summed E-state index contributed by atoms with van der Waals surface area (Å²) in [6.45, 7) is 2.56. The van der Waals surface area contributed by atoms with Gasteiger partial charge in [-0.25, -0.2) is 8.42 Å². The number of nitrogens with zero attached hydrogens (tertiary/aromatic N) is 2. The van der Waals surface area contributed by atoms with Crippen molar-refractivity contribution in [1.82, 2.24) is 9.78 Å². The van der Waals surface area contributed by atoms with Gasteiger partial charge in [-0.2, -0.15) is 5.10 Å². The van der Waals surface area contributed by atoms with Crippen LogP contribution >= 0.6 is 23.2 Å². The molecule has 0 saturated carbocycles. The monoisotopic (exact) mass is 391 g/mol. The molecule has 2 aromatic rings. The van der Waals surface area contributed by atoms with E-state index < -0.39 is 10.0 Å². The average Bonchev–Trinajstić information content (AvgIpc) is 2.65. The molecule has 0 aliphatic carbocycles. The van der Waals surface area contributed by atoms with Crippen LogP contribution in [-0.2, 0) is 17.1 Å². The Hall–Kier alpha value is -1.64. The summed E-state index contributed by atoms with van der Waals surface area (Å²) in [5, 5.41) is 4.23. The molecule has 2 heterocycles. The number of rotatable bonds is 3. The second kappa shape index (κ2) is 6.34. The number of sulfonamides is 1. The zero-order valence-corrected chi connectivity index (χ0v) is 15.3. The van der Waals surface area contributed by atoms with Crippen molar-refractivity contribution in [2.75, 3.05) is 17.9 Å². The molecule has 1 aromatic heterocycles. The number of aromatic nitrogens is 2. The van der Waals surface area contributed by atoms with E-state index in [1.54, 1.807) is 14.0 Å². The first-order valence-electron chi connectivity index (χ1n) is 7.10. The molecule has 7 nitrogen and oxygen atoms in total. The van der Waals surface area contributed by atoms with E-state index in [0.717, 1.165) is 6.42 Å². The van der Waals surface area contributed by atoms with Crippen LogP contribution in [0.25, 0.3) is 0 Å². The van der Waals surface area contributed by atoms with Crippen molar-refractivity contribution < 1.29 is 17.9 Å². The Bertz CT molecular complexity index is 896. The first kappa shape index (κ1) is 17.2. The van der Waals surface area contributed by atoms with Crippen molar-refractivity contribution in [2.45, 2.75) is 18.2 Å². The minimum absolute atomic E-state index is 0.0189. The summed E-state index contributed by atoms with van der Waals surface area (Å²) in [6, 6.07) is 3.03. The minimum atomic E-state index is -3.96. The van der Waals surface area contributed by atoms with Gasteiger partial charge in [0.2, 0.25) is 0 Å². The highest BCUT2D eigenvalue weighted by Gasteiger charge is 2.26. The van der Waals surface area contributed by atoms with Gasteiger partial charge in [0.05, 0.1) is 29.6 Å². The highest BCUT2D eigenvalue weighted by molar-refractivity contribution is 7.92. The van der Waals surface area contributed by atoms with Gasteiger partial charge >= 0.3 is 0 Å². The predicted octanol–water partition coefficient (Wildman–Crippen LogP) is 3.00. The number of aryl methyl sites for hydroxylation is 2. The van der Waals surface area contributed by atoms with Gasteiger partial charge in [-0.3, -0.25) is 9.40 Å². The highest BCUT2D eigenvalue weighted by Crippen LogP contribution is 2.39. The topological polar surface area (TPSA) is 82.5 Å². The number of fused-ring (bicyclic) bond motifs is 1. The molecule has 0 saturated heterocycles. The Morgan fingerprint density at radius 1 is 1.21 bits per heavy atom. The van der Waals surface area contributed by atoms with Crippen LogP contribution < -0.4 is 14.2 Å². The van der Waals surface area contributed by atoms with E-state index in [-0.39, 0.29) is 20.8 Å². The van der Waals surface area contributed by atoms with Gasteiger partial charge in [-0.15, -0.1) is 0 Å². The smallest absolute Gasteiger partial charge is 0.266 e. The molecule has 1 aromatic carbocycles. The van der Waals surface area contributed by atoms with E-state index in [1.807, 2.05) is 0 Å². The van der Waals surface area contributed by atoms with Crippen LogP contribution in [0.3, 0.4) is 0 Å². The zero-order chi connectivity index (χ0) is 17.5. The van der Waals surface area contributed by atoms with Crippen LogP contribution in [0.15, 0.2) is 17.0 Å². The summed E-state index contributed by atoms with van der Waals surface area (Å²) in [4.78, 5) is -0.0881. The molecule has 0 fully saturated rings. The first-order chi connectivity index (χ1) is 11.3. The SMILES string of the molecule is Cc1nn(C)c(Cl)c1S(=O)(=O)Nc1cc2c(cc1Cl)OCCCO2. The fourth-order valence-electron chi connectivity index (χ4n) is 2.37. The number of ether oxygens (including phenoxy) is 2. The summed E-state index contributed by atoms with van der Waals surface area (Å²) < 4.78 is 40.1. The van der Waals surface area contributed by atoms with Crippen molar-refractivity contribution in [2.24, 2.45) is 7.05 Å². The van der Waals surface area contributed by atoms with E-state index in [4.69, 9.17) is 32.7 Å². The van der Waals surface area contributed by atoms with Gasteiger partial charge in [0.25, 0.3) is 10.0 Å². The van der Waals surface area contributed by atoms with Crippen LogP contribution in [0.1, 0.15) is 12.1 Å². The maximum absolute atomic E-state index is 12.7. The number of halogens is 2. The number of hydrogen-bond donors (Lipinski definition) is 1. The van der Waals surface area contributed by atoms with Crippen LogP contribution in [0.2, 0.25) is 10.2 Å². The molecule has 0 atom stereocenters. The molecule has 0 unspecified atom stereocenters. The Balaban J connectivity index is 2.00. The molecular weight excluding hydrogens is 377 g/mol. The fourth-order valence-corrected chi connectivity index (χ4v) is 4.45. The zero-order valence-electron chi connectivity index (χ0n) is 13.0. The van der Waals surface area contributed by atoms with E-state index in [1.165, 1.54) is 16.8 Å². The number of nitrogens with one attached hydrogen (secondary N) is 1. The maximum Gasteiger partial charge on any atom is 0.266 e. The summed E-state index contributed by atoms with van der Waals surface area (Å²) in [5.74, 6) is 0.916. The summed E-state index contributed by atoms with van der Waals surface area (Å²) in [7, 11) is -2.39. The average molecular weight is 392 g/mol. The molecule has 130 valence electrons. The van der Waals surface area contributed by atoms with Crippen LogP contribution in [0, 0.1) is 6.92 Å². The molecular formula is C14H15Cl2N3O4S. The van der Waals surface area contributed by atoms with Crippen LogP contribution in [0.5, 0.6) is 11.5 Å². The van der Waals surface area contributed by atoms with Crippen molar-refractivity contribution in [1.29, 1.82) is 0 Å². The van der Waals surface area contributed by atoms with Gasteiger partial charge in [0.1, 0.15) is 10.0 Å². The Kier molecular flexibility index (Phi) is 4.54. The highest BCUT2D eigenvalue weighted by atomic mass is 35.5. The molecule has 0 radical (unpaired) electrons. The van der Waals surface area contributed by atoms with Gasteiger partial charge < -0.3 is 9.47 Å². The van der Waals surface area contributed by atoms with Crippen LogP contribution in [0.4, 0.5) is 5.69 Å². The van der Waals surface area contributed by atoms with E-state index in [9.17, 15) is 8.42 Å². The molecule has 1 aliphatic rings. The fraction of sp³-hybridized carbons (Fsp3) is 0.357. The second-order valence-corrected chi connectivity index (χ2v) is 7.65. The maximum atomic E-state index is 12.7. The van der Waals surface area contributed by atoms with Crippen molar-refractivity contribution in [3.63, 3.8) is 0 Å². The second-order valence-electron chi connectivity index (χ2n) is 5.26. The Morgan fingerprint density at radius 2 is 1.83 bits per heavy atom. The van der Waals surface area contributed by atoms with E-state index >= 15 is 0 Å². The third kappa shape index (κ3) is 3.13. The minimum Gasteiger partial charge on any atom is -0.490 e. The number of anilines is 1. The molecule has 0 amide bonds. The van der Waals surface area contributed by atoms with Crippen molar-refractivity contribution in [3.05, 3.63) is 28.0 Å². The van der Waals surface area contributed by atoms with Gasteiger partial charge in [-0.05, 0) is 6.92 Å². The van der Waals surface area contributed by atoms with Crippen LogP contribution in [-0.4, -0.2) is 31.4 Å². The lowest BCUT2D eigenvalue weighted by molar-refractivity contribution is 0.297. The van der Waals surface area contributed by atoms with E-state index in [2.05, 4.69) is 9.82 Å². The standard InChI is InChI=1S/C14H15Cl2N3O4S/c1-8-13(14(16)19(2)17-8)24(20,21)18-10-7-12-11(6-9(10)15)22-4-3-5-23-12/h6-7,18H,3-5H2,1-2H3. The number of benzene rings is 1. The van der Waals surface area contributed by atoms with E-state index in [0.29, 0.717) is 30.4 Å². The molecule has 10 heteroatoms. The van der Waals surface area contributed by atoms with Crippen molar-refractivity contribution in [3.8, 4) is 11.5 Å². The first-order valence-corrected chi connectivity index (χ1v) is 9.34. The molecule has 0 spiro atoms. The third-order valence-electron chi connectivity index (χ3n) is 3.45. The predicted molar refractivity (Wildman–Crippen MR) is 90.8 cm³/mol. The van der Waals surface area contributed by atoms with Gasteiger partial charge in [0, 0.05) is 25.6 Å². The molecule has 1 aliphatic heterocycles. The largest absolute Gasteiger partial charge is 0.490 e. The summed E-state index contributed by atoms with van der Waals surface area (Å²) in [6.07, 6.45) is 0.734. The lowest BCUT2D eigenvalue weighted by Gasteiger charge is -2.13.